The third kappa shape index (κ3) is 5.22. The zero-order chi connectivity index (χ0) is 24.8. The van der Waals surface area contributed by atoms with Crippen molar-refractivity contribution in [1.82, 2.24) is 9.88 Å². The second-order valence-electron chi connectivity index (χ2n) is 7.77. The number of hydrogen-bond acceptors (Lipinski definition) is 8. The lowest BCUT2D eigenvalue weighted by atomic mass is 10.1. The van der Waals surface area contributed by atoms with E-state index in [1.807, 2.05) is 29.2 Å². The van der Waals surface area contributed by atoms with Crippen molar-refractivity contribution >= 4 is 23.9 Å². The van der Waals surface area contributed by atoms with Gasteiger partial charge in [-0.2, -0.15) is 10.2 Å². The molecule has 9 heteroatoms. The molecule has 2 heterocycles. The van der Waals surface area contributed by atoms with Gasteiger partial charge in [0.2, 0.25) is 17.5 Å². The number of ether oxygens (including phenoxy) is 3. The Bertz CT molecular complexity index is 1250. The molecule has 0 spiro atoms. The van der Waals surface area contributed by atoms with E-state index in [1.165, 1.54) is 0 Å². The van der Waals surface area contributed by atoms with Gasteiger partial charge in [-0.1, -0.05) is 6.07 Å². The van der Waals surface area contributed by atoms with Crippen molar-refractivity contribution < 1.29 is 23.4 Å². The van der Waals surface area contributed by atoms with Crippen LogP contribution in [-0.2, 0) is 0 Å². The molecule has 0 N–H and O–H groups in total. The van der Waals surface area contributed by atoms with Gasteiger partial charge in [-0.15, -0.1) is 0 Å². The Morgan fingerprint density at radius 3 is 2.31 bits per heavy atom. The maximum atomic E-state index is 12.8. The molecule has 1 aromatic heterocycles. The number of oxazole rings is 1. The van der Waals surface area contributed by atoms with E-state index in [0.29, 0.717) is 60.8 Å². The van der Waals surface area contributed by atoms with Crippen molar-refractivity contribution in [1.29, 1.82) is 5.26 Å². The molecule has 1 fully saturated rings. The Labute approximate surface area is 203 Å². The minimum Gasteiger partial charge on any atom is -0.497 e. The van der Waals surface area contributed by atoms with Gasteiger partial charge in [-0.25, -0.2) is 0 Å². The van der Waals surface area contributed by atoms with Gasteiger partial charge >= 0.3 is 0 Å². The van der Waals surface area contributed by atoms with Crippen LogP contribution in [0.1, 0.15) is 27.5 Å². The number of nitrogens with zero attached hydrogens (tertiary/aromatic N) is 4. The molecule has 4 rings (SSSR count). The van der Waals surface area contributed by atoms with Gasteiger partial charge in [0.15, 0.2) is 11.5 Å². The SMILES string of the molecule is COc1ccc(C(=O)N2CCN(c3oc(/C=C/c4ccc(OC)c(OC)c4)nc3C#N)CC2)cc1. The molecule has 1 aliphatic heterocycles. The van der Waals surface area contributed by atoms with E-state index in [4.69, 9.17) is 18.6 Å². The molecule has 1 aliphatic rings. The molecule has 0 radical (unpaired) electrons. The third-order valence-electron chi connectivity index (χ3n) is 5.75. The highest BCUT2D eigenvalue weighted by molar-refractivity contribution is 5.94. The van der Waals surface area contributed by atoms with Gasteiger partial charge in [-0.05, 0) is 48.0 Å². The van der Waals surface area contributed by atoms with Crippen LogP contribution in [0.2, 0.25) is 0 Å². The van der Waals surface area contributed by atoms with Crippen molar-refractivity contribution in [2.24, 2.45) is 0 Å². The molecular formula is C26H26N4O5. The number of aromatic nitrogens is 1. The normalized spacial score (nSPS) is 13.5. The van der Waals surface area contributed by atoms with Crippen LogP contribution in [0, 0.1) is 11.3 Å². The summed E-state index contributed by atoms with van der Waals surface area (Å²) in [6.45, 7) is 2.08. The molecule has 1 saturated heterocycles. The topological polar surface area (TPSA) is 101 Å². The van der Waals surface area contributed by atoms with E-state index in [2.05, 4.69) is 11.1 Å². The summed E-state index contributed by atoms with van der Waals surface area (Å²) in [5.41, 5.74) is 1.69. The zero-order valence-electron chi connectivity index (χ0n) is 19.9. The van der Waals surface area contributed by atoms with Gasteiger partial charge in [0.05, 0.1) is 21.3 Å². The van der Waals surface area contributed by atoms with Crippen LogP contribution in [0.5, 0.6) is 17.2 Å². The predicted octanol–water partition coefficient (Wildman–Crippen LogP) is 3.70. The molecule has 2 aromatic carbocycles. The number of anilines is 1. The van der Waals surface area contributed by atoms with Gasteiger partial charge in [0, 0.05) is 37.8 Å². The first-order valence-electron chi connectivity index (χ1n) is 11.1. The smallest absolute Gasteiger partial charge is 0.253 e. The number of hydrogen-bond donors (Lipinski definition) is 0. The summed E-state index contributed by atoms with van der Waals surface area (Å²) in [5.74, 6) is 2.65. The fourth-order valence-electron chi connectivity index (χ4n) is 3.84. The van der Waals surface area contributed by atoms with Crippen LogP contribution in [0.3, 0.4) is 0 Å². The largest absolute Gasteiger partial charge is 0.497 e. The van der Waals surface area contributed by atoms with Crippen LogP contribution in [0.25, 0.3) is 12.2 Å². The lowest BCUT2D eigenvalue weighted by Crippen LogP contribution is -2.48. The Hall–Kier alpha value is -4.45. The second-order valence-corrected chi connectivity index (χ2v) is 7.77. The number of nitriles is 1. The number of piperazine rings is 1. The number of rotatable bonds is 7. The lowest BCUT2D eigenvalue weighted by Gasteiger charge is -2.34. The highest BCUT2D eigenvalue weighted by atomic mass is 16.5. The van der Waals surface area contributed by atoms with Crippen molar-refractivity contribution in [2.75, 3.05) is 52.4 Å². The van der Waals surface area contributed by atoms with Crippen LogP contribution >= 0.6 is 0 Å². The molecule has 3 aromatic rings. The number of carbonyl (C=O) groups is 1. The van der Waals surface area contributed by atoms with Crippen LogP contribution in [-0.4, -0.2) is 63.3 Å². The highest BCUT2D eigenvalue weighted by Crippen LogP contribution is 2.29. The van der Waals surface area contributed by atoms with E-state index < -0.39 is 0 Å². The molecule has 35 heavy (non-hydrogen) atoms. The van der Waals surface area contributed by atoms with E-state index >= 15 is 0 Å². The summed E-state index contributed by atoms with van der Waals surface area (Å²) in [5, 5.41) is 9.58. The summed E-state index contributed by atoms with van der Waals surface area (Å²) in [7, 11) is 4.75. The monoisotopic (exact) mass is 474 g/mol. The summed E-state index contributed by atoms with van der Waals surface area (Å²) >= 11 is 0. The minimum absolute atomic E-state index is 0.0380. The number of methoxy groups -OCH3 is 3. The molecule has 0 atom stereocenters. The van der Waals surface area contributed by atoms with Crippen molar-refractivity contribution in [3.63, 3.8) is 0 Å². The molecule has 9 nitrogen and oxygen atoms in total. The average Bonchev–Trinajstić information content (AvgIpc) is 3.34. The number of benzene rings is 2. The first kappa shape index (κ1) is 23.7. The quantitative estimate of drug-likeness (QED) is 0.511. The van der Waals surface area contributed by atoms with Crippen LogP contribution in [0.15, 0.2) is 46.9 Å². The first-order chi connectivity index (χ1) is 17.1. The molecule has 0 bridgehead atoms. The zero-order valence-corrected chi connectivity index (χ0v) is 19.9. The van der Waals surface area contributed by atoms with Gasteiger partial charge in [0.25, 0.3) is 5.91 Å². The first-order valence-corrected chi connectivity index (χ1v) is 11.1. The standard InChI is InChI=1S/C26H26N4O5/c1-32-20-8-6-19(7-9-20)25(31)29-12-14-30(15-13-29)26-21(17-27)28-24(35-26)11-5-18-4-10-22(33-2)23(16-18)34-3/h4-11,16H,12-15H2,1-3H3/b11-5+. The summed E-state index contributed by atoms with van der Waals surface area (Å²) in [6, 6.07) is 14.7. The Morgan fingerprint density at radius 2 is 1.69 bits per heavy atom. The predicted molar refractivity (Wildman–Crippen MR) is 131 cm³/mol. The number of amides is 1. The summed E-state index contributed by atoms with van der Waals surface area (Å²) < 4.78 is 21.7. The van der Waals surface area contributed by atoms with E-state index in [9.17, 15) is 10.1 Å². The molecule has 0 unspecified atom stereocenters. The molecule has 0 aliphatic carbocycles. The molecule has 1 amide bonds. The summed E-state index contributed by atoms with van der Waals surface area (Å²) in [4.78, 5) is 20.9. The maximum absolute atomic E-state index is 12.8. The van der Waals surface area contributed by atoms with Crippen LogP contribution in [0.4, 0.5) is 5.88 Å². The van der Waals surface area contributed by atoms with Gasteiger partial charge in [-0.3, -0.25) is 4.79 Å². The van der Waals surface area contributed by atoms with Gasteiger partial charge in [0.1, 0.15) is 11.8 Å². The molecule has 0 saturated carbocycles. The minimum atomic E-state index is -0.0380. The van der Waals surface area contributed by atoms with Crippen molar-refractivity contribution in [3.05, 3.63) is 65.2 Å². The number of carbonyl (C=O) groups excluding carboxylic acids is 1. The fourth-order valence-corrected chi connectivity index (χ4v) is 3.84. The van der Waals surface area contributed by atoms with E-state index in [1.54, 1.807) is 56.6 Å². The van der Waals surface area contributed by atoms with Crippen molar-refractivity contribution in [2.45, 2.75) is 0 Å². The van der Waals surface area contributed by atoms with Crippen LogP contribution < -0.4 is 19.1 Å². The van der Waals surface area contributed by atoms with E-state index in [0.717, 1.165) is 5.56 Å². The molecular weight excluding hydrogens is 448 g/mol. The lowest BCUT2D eigenvalue weighted by molar-refractivity contribution is 0.0745. The summed E-state index contributed by atoms with van der Waals surface area (Å²) in [6.07, 6.45) is 3.53. The molecule has 180 valence electrons. The van der Waals surface area contributed by atoms with Gasteiger partial charge < -0.3 is 28.4 Å². The Morgan fingerprint density at radius 1 is 0.971 bits per heavy atom. The van der Waals surface area contributed by atoms with Crippen molar-refractivity contribution in [3.8, 4) is 23.3 Å². The second kappa shape index (κ2) is 10.7. The van der Waals surface area contributed by atoms with E-state index in [-0.39, 0.29) is 11.6 Å². The Kier molecular flexibility index (Phi) is 7.21. The maximum Gasteiger partial charge on any atom is 0.253 e. The highest BCUT2D eigenvalue weighted by Gasteiger charge is 2.26. The average molecular weight is 475 g/mol. The third-order valence-corrected chi connectivity index (χ3v) is 5.75. The Balaban J connectivity index is 1.43. The fraction of sp³-hybridized carbons (Fsp3) is 0.269.